The van der Waals surface area contributed by atoms with Gasteiger partial charge >= 0.3 is 5.97 Å². The molecule has 0 aromatic rings. The van der Waals surface area contributed by atoms with Crippen LogP contribution >= 0.6 is 0 Å². The summed E-state index contributed by atoms with van der Waals surface area (Å²) in [6, 6.07) is 3.89. The third-order valence-electron chi connectivity index (χ3n) is 2.32. The van der Waals surface area contributed by atoms with Crippen molar-refractivity contribution in [1.29, 1.82) is 10.5 Å². The summed E-state index contributed by atoms with van der Waals surface area (Å²) < 4.78 is 4.74. The van der Waals surface area contributed by atoms with Crippen molar-refractivity contribution in [3.05, 3.63) is 0 Å². The molecule has 1 aliphatic rings. The van der Waals surface area contributed by atoms with Crippen molar-refractivity contribution in [2.45, 2.75) is 19.8 Å². The Hall–Kier alpha value is -1.55. The average Bonchev–Trinajstić information content (AvgIpc) is 2.97. The molecule has 1 rings (SSSR count). The minimum Gasteiger partial charge on any atom is -0.465 e. The molecular weight excluding hydrogens is 180 g/mol. The second-order valence-corrected chi connectivity index (χ2v) is 3.35. The minimum absolute atomic E-state index is 0.217. The van der Waals surface area contributed by atoms with E-state index >= 15 is 0 Å². The topological polar surface area (TPSA) is 73.9 Å². The van der Waals surface area contributed by atoms with Crippen LogP contribution in [0.4, 0.5) is 0 Å². The summed E-state index contributed by atoms with van der Waals surface area (Å²) in [5.41, 5.74) is 0. The van der Waals surface area contributed by atoms with Gasteiger partial charge in [0.05, 0.1) is 24.7 Å². The number of nitriles is 2. The molecule has 1 saturated carbocycles. The predicted molar refractivity (Wildman–Crippen MR) is 47.6 cm³/mol. The van der Waals surface area contributed by atoms with Crippen molar-refractivity contribution in [3.8, 4) is 12.1 Å². The Morgan fingerprint density at radius 2 is 2.14 bits per heavy atom. The highest BCUT2D eigenvalue weighted by Crippen LogP contribution is 2.40. The molecule has 14 heavy (non-hydrogen) atoms. The minimum atomic E-state index is -0.910. The molecule has 0 heterocycles. The lowest BCUT2D eigenvalue weighted by molar-refractivity contribution is -0.147. The molecule has 0 aliphatic heterocycles. The van der Waals surface area contributed by atoms with Crippen LogP contribution in [0.1, 0.15) is 19.8 Å². The molecule has 0 N–H and O–H groups in total. The molecule has 0 saturated heterocycles. The zero-order valence-electron chi connectivity index (χ0n) is 8.06. The van der Waals surface area contributed by atoms with Gasteiger partial charge in [-0.1, -0.05) is 0 Å². The van der Waals surface area contributed by atoms with Gasteiger partial charge in [0.2, 0.25) is 0 Å². The van der Waals surface area contributed by atoms with Gasteiger partial charge in [0.25, 0.3) is 0 Å². The quantitative estimate of drug-likeness (QED) is 0.628. The van der Waals surface area contributed by atoms with Crippen LogP contribution in [0.3, 0.4) is 0 Å². The first kappa shape index (κ1) is 10.5. The second kappa shape index (κ2) is 4.62. The van der Waals surface area contributed by atoms with E-state index in [4.69, 9.17) is 15.3 Å². The zero-order valence-corrected chi connectivity index (χ0v) is 8.06. The molecule has 1 fully saturated rings. The van der Waals surface area contributed by atoms with Gasteiger partial charge in [0.1, 0.15) is 0 Å². The first-order chi connectivity index (χ1) is 6.74. The number of rotatable bonds is 4. The number of esters is 1. The lowest BCUT2D eigenvalue weighted by atomic mass is 9.90. The third-order valence-corrected chi connectivity index (χ3v) is 2.32. The number of carbonyl (C=O) groups excluding carboxylic acids is 1. The van der Waals surface area contributed by atoms with E-state index in [0.29, 0.717) is 0 Å². The van der Waals surface area contributed by atoms with Gasteiger partial charge in [-0.2, -0.15) is 10.5 Å². The highest BCUT2D eigenvalue weighted by atomic mass is 16.5. The molecule has 0 amide bonds. The van der Waals surface area contributed by atoms with Crippen LogP contribution in [-0.2, 0) is 9.53 Å². The summed E-state index contributed by atoms with van der Waals surface area (Å²) in [5.74, 6) is -1.74. The Balaban J connectivity index is 2.65. The highest BCUT2D eigenvalue weighted by molar-refractivity contribution is 5.76. The van der Waals surface area contributed by atoms with Crippen LogP contribution in [0.15, 0.2) is 0 Å². The van der Waals surface area contributed by atoms with E-state index < -0.39 is 17.8 Å². The number of hydrogen-bond donors (Lipinski definition) is 0. The fourth-order valence-corrected chi connectivity index (χ4v) is 1.42. The van der Waals surface area contributed by atoms with Crippen molar-refractivity contribution in [2.24, 2.45) is 17.8 Å². The van der Waals surface area contributed by atoms with E-state index in [-0.39, 0.29) is 12.5 Å². The van der Waals surface area contributed by atoms with Crippen LogP contribution in [0.25, 0.3) is 0 Å². The zero-order chi connectivity index (χ0) is 10.6. The monoisotopic (exact) mass is 192 g/mol. The van der Waals surface area contributed by atoms with Crippen molar-refractivity contribution in [1.82, 2.24) is 0 Å². The molecule has 0 spiro atoms. The molecular formula is C10H12N2O2. The van der Waals surface area contributed by atoms with Crippen molar-refractivity contribution < 1.29 is 9.53 Å². The SMILES string of the molecule is CCOC(=O)C(C#N)C(C#N)C1CC1. The molecule has 4 heteroatoms. The second-order valence-electron chi connectivity index (χ2n) is 3.35. The molecule has 0 aromatic heterocycles. The van der Waals surface area contributed by atoms with E-state index in [9.17, 15) is 4.79 Å². The van der Waals surface area contributed by atoms with Crippen molar-refractivity contribution >= 4 is 5.97 Å². The van der Waals surface area contributed by atoms with Gasteiger partial charge in [-0.3, -0.25) is 4.79 Å². The molecule has 4 nitrogen and oxygen atoms in total. The van der Waals surface area contributed by atoms with Gasteiger partial charge in [-0.05, 0) is 25.7 Å². The fourth-order valence-electron chi connectivity index (χ4n) is 1.42. The third kappa shape index (κ3) is 2.23. The summed E-state index contributed by atoms with van der Waals surface area (Å²) in [6.07, 6.45) is 1.88. The van der Waals surface area contributed by atoms with Crippen LogP contribution in [0, 0.1) is 40.4 Å². The van der Waals surface area contributed by atoms with Gasteiger partial charge in [-0.15, -0.1) is 0 Å². The van der Waals surface area contributed by atoms with Crippen molar-refractivity contribution in [3.63, 3.8) is 0 Å². The molecule has 0 aromatic carbocycles. The smallest absolute Gasteiger partial charge is 0.324 e. The highest BCUT2D eigenvalue weighted by Gasteiger charge is 2.41. The first-order valence-corrected chi connectivity index (χ1v) is 4.70. The number of carbonyl (C=O) groups is 1. The Morgan fingerprint density at radius 3 is 2.50 bits per heavy atom. The van der Waals surface area contributed by atoms with E-state index in [1.54, 1.807) is 6.92 Å². The maximum Gasteiger partial charge on any atom is 0.324 e. The van der Waals surface area contributed by atoms with Crippen LogP contribution in [-0.4, -0.2) is 12.6 Å². The molecule has 1 aliphatic carbocycles. The maximum atomic E-state index is 11.3. The lowest BCUT2D eigenvalue weighted by Crippen LogP contribution is -2.25. The van der Waals surface area contributed by atoms with E-state index in [2.05, 4.69) is 0 Å². The summed E-state index contributed by atoms with van der Waals surface area (Å²) in [4.78, 5) is 11.3. The Morgan fingerprint density at radius 1 is 1.50 bits per heavy atom. The predicted octanol–water partition coefficient (Wildman–Crippen LogP) is 1.24. The molecule has 0 radical (unpaired) electrons. The van der Waals surface area contributed by atoms with Crippen molar-refractivity contribution in [2.75, 3.05) is 6.61 Å². The van der Waals surface area contributed by atoms with Crippen LogP contribution in [0.5, 0.6) is 0 Å². The number of ether oxygens (including phenoxy) is 1. The Labute approximate surface area is 83.1 Å². The Kier molecular flexibility index (Phi) is 3.48. The van der Waals surface area contributed by atoms with E-state index in [1.165, 1.54) is 0 Å². The fraction of sp³-hybridized carbons (Fsp3) is 0.700. The van der Waals surface area contributed by atoms with E-state index in [1.807, 2.05) is 12.1 Å². The van der Waals surface area contributed by atoms with E-state index in [0.717, 1.165) is 12.8 Å². The summed E-state index contributed by atoms with van der Waals surface area (Å²) in [6.45, 7) is 1.94. The largest absolute Gasteiger partial charge is 0.465 e. The summed E-state index contributed by atoms with van der Waals surface area (Å²) in [5, 5.41) is 17.6. The number of nitrogens with zero attached hydrogens (tertiary/aromatic N) is 2. The normalized spacial score (nSPS) is 18.8. The van der Waals surface area contributed by atoms with Gasteiger partial charge < -0.3 is 4.74 Å². The molecule has 2 unspecified atom stereocenters. The van der Waals surface area contributed by atoms with Gasteiger partial charge in [0.15, 0.2) is 5.92 Å². The van der Waals surface area contributed by atoms with Gasteiger partial charge in [0, 0.05) is 0 Å². The maximum absolute atomic E-state index is 11.3. The average molecular weight is 192 g/mol. The van der Waals surface area contributed by atoms with Gasteiger partial charge in [-0.25, -0.2) is 0 Å². The molecule has 2 atom stereocenters. The first-order valence-electron chi connectivity index (χ1n) is 4.70. The summed E-state index contributed by atoms with van der Waals surface area (Å²) >= 11 is 0. The standard InChI is InChI=1S/C10H12N2O2/c1-2-14-10(13)9(6-12)8(5-11)7-3-4-7/h7-9H,2-4H2,1H3. The summed E-state index contributed by atoms with van der Waals surface area (Å²) in [7, 11) is 0. The Bertz CT molecular complexity index is 296. The number of hydrogen-bond acceptors (Lipinski definition) is 4. The van der Waals surface area contributed by atoms with Crippen LogP contribution in [0.2, 0.25) is 0 Å². The van der Waals surface area contributed by atoms with Crippen LogP contribution < -0.4 is 0 Å². The molecule has 74 valence electrons. The lowest BCUT2D eigenvalue weighted by Gasteiger charge is -2.12. The molecule has 0 bridgehead atoms.